The van der Waals surface area contributed by atoms with E-state index >= 15 is 0 Å². The summed E-state index contributed by atoms with van der Waals surface area (Å²) in [5, 5.41) is 3.61. The number of amides is 1. The summed E-state index contributed by atoms with van der Waals surface area (Å²) < 4.78 is 40.4. The van der Waals surface area contributed by atoms with Gasteiger partial charge in [-0.05, 0) is 63.4 Å². The maximum atomic E-state index is 13.0. The number of aryl methyl sites for hydroxylation is 2. The van der Waals surface area contributed by atoms with Crippen LogP contribution in [0.5, 0.6) is 0 Å². The lowest BCUT2D eigenvalue weighted by Gasteiger charge is -2.32. The molecule has 1 N–H and O–H groups in total. The number of likely N-dealkylation sites (tertiary alicyclic amines) is 1. The molecule has 0 bridgehead atoms. The van der Waals surface area contributed by atoms with Gasteiger partial charge < -0.3 is 5.32 Å². The third-order valence-electron chi connectivity index (χ3n) is 6.07. The van der Waals surface area contributed by atoms with Crippen LogP contribution in [0.2, 0.25) is 0 Å². The predicted molar refractivity (Wildman–Crippen MR) is 117 cm³/mol. The van der Waals surface area contributed by atoms with E-state index in [-0.39, 0.29) is 12.5 Å². The first-order valence-electron chi connectivity index (χ1n) is 10.6. The molecule has 1 aliphatic heterocycles. The molecule has 1 amide bonds. The number of anilines is 1. The van der Waals surface area contributed by atoms with Crippen molar-refractivity contribution in [2.45, 2.75) is 39.8 Å². The predicted octanol–water partition coefficient (Wildman–Crippen LogP) is 4.56. The van der Waals surface area contributed by atoms with E-state index < -0.39 is 18.6 Å². The zero-order valence-corrected chi connectivity index (χ0v) is 18.3. The number of carbonyl (C=O) groups excluding carboxylic acids is 1. The van der Waals surface area contributed by atoms with E-state index in [2.05, 4.69) is 21.4 Å². The van der Waals surface area contributed by atoms with Gasteiger partial charge in [-0.25, -0.2) is 9.97 Å². The Balaban J connectivity index is 1.63. The van der Waals surface area contributed by atoms with Crippen LogP contribution in [0.3, 0.4) is 0 Å². The number of benzene rings is 1. The lowest BCUT2D eigenvalue weighted by molar-refractivity contribution is -0.151. The van der Waals surface area contributed by atoms with Gasteiger partial charge in [-0.15, -0.1) is 0 Å². The van der Waals surface area contributed by atoms with Crippen molar-refractivity contribution in [2.75, 3.05) is 25.0 Å². The fraction of sp³-hybridized carbons (Fsp3) is 0.435. The van der Waals surface area contributed by atoms with Crippen molar-refractivity contribution in [3.8, 4) is 5.69 Å². The minimum atomic E-state index is -4.27. The van der Waals surface area contributed by atoms with Crippen molar-refractivity contribution >= 4 is 22.8 Å². The van der Waals surface area contributed by atoms with Gasteiger partial charge >= 0.3 is 6.18 Å². The van der Waals surface area contributed by atoms with Crippen LogP contribution in [0, 0.1) is 26.7 Å². The first-order valence-corrected chi connectivity index (χ1v) is 10.6. The molecule has 1 aliphatic rings. The Morgan fingerprint density at radius 1 is 1.22 bits per heavy atom. The van der Waals surface area contributed by atoms with Gasteiger partial charge in [0, 0.05) is 17.9 Å². The Morgan fingerprint density at radius 3 is 2.72 bits per heavy atom. The van der Waals surface area contributed by atoms with E-state index in [0.717, 1.165) is 27.9 Å². The summed E-state index contributed by atoms with van der Waals surface area (Å²) in [6, 6.07) is 8.05. The van der Waals surface area contributed by atoms with Gasteiger partial charge in [0.05, 0.1) is 17.8 Å². The first-order chi connectivity index (χ1) is 15.1. The van der Waals surface area contributed by atoms with E-state index in [1.807, 2.05) is 43.5 Å². The fourth-order valence-electron chi connectivity index (χ4n) is 4.46. The Bertz CT molecular complexity index is 1150. The molecule has 1 unspecified atom stereocenters. The van der Waals surface area contributed by atoms with Crippen molar-refractivity contribution in [1.82, 2.24) is 19.4 Å². The van der Waals surface area contributed by atoms with Crippen molar-refractivity contribution in [3.63, 3.8) is 0 Å². The summed E-state index contributed by atoms with van der Waals surface area (Å²) in [5.74, 6) is -0.437. The van der Waals surface area contributed by atoms with Crippen LogP contribution in [-0.4, -0.2) is 51.2 Å². The Kier molecular flexibility index (Phi) is 5.94. The molecular weight excluding hydrogens is 419 g/mol. The van der Waals surface area contributed by atoms with Crippen LogP contribution in [-0.2, 0) is 4.79 Å². The monoisotopic (exact) mass is 445 g/mol. The molecule has 4 rings (SSSR count). The number of carbonyl (C=O) groups is 1. The molecule has 1 aromatic carbocycles. The third-order valence-corrected chi connectivity index (χ3v) is 6.07. The van der Waals surface area contributed by atoms with Gasteiger partial charge in [-0.2, -0.15) is 13.2 Å². The van der Waals surface area contributed by atoms with Crippen LogP contribution in [0.1, 0.15) is 29.7 Å². The molecule has 9 heteroatoms. The molecule has 1 saturated heterocycles. The van der Waals surface area contributed by atoms with Crippen molar-refractivity contribution < 1.29 is 18.0 Å². The highest BCUT2D eigenvalue weighted by molar-refractivity contribution is 6.01. The Morgan fingerprint density at radius 2 is 2.00 bits per heavy atom. The number of piperidine rings is 1. The molecule has 1 fully saturated rings. The molecule has 3 heterocycles. The fourth-order valence-corrected chi connectivity index (χ4v) is 4.46. The largest absolute Gasteiger partial charge is 0.401 e. The number of halogens is 3. The number of alkyl halides is 3. The van der Waals surface area contributed by atoms with Gasteiger partial charge in [0.1, 0.15) is 12.1 Å². The van der Waals surface area contributed by atoms with Gasteiger partial charge in [0.25, 0.3) is 0 Å². The number of rotatable bonds is 4. The van der Waals surface area contributed by atoms with E-state index in [4.69, 9.17) is 0 Å². The van der Waals surface area contributed by atoms with E-state index in [9.17, 15) is 18.0 Å². The lowest BCUT2D eigenvalue weighted by atomic mass is 9.97. The highest BCUT2D eigenvalue weighted by atomic mass is 19.4. The minimum absolute atomic E-state index is 0.0852. The number of fused-ring (bicyclic) bond motifs is 1. The van der Waals surface area contributed by atoms with Crippen molar-refractivity contribution in [2.24, 2.45) is 5.92 Å². The van der Waals surface area contributed by atoms with E-state index in [1.54, 1.807) is 0 Å². The smallest absolute Gasteiger partial charge is 0.310 e. The van der Waals surface area contributed by atoms with Crippen LogP contribution >= 0.6 is 0 Å². The molecule has 3 aromatic rings. The molecule has 0 aliphatic carbocycles. The molecule has 6 nitrogen and oxygen atoms in total. The number of hydrogen-bond donors (Lipinski definition) is 1. The van der Waals surface area contributed by atoms with Gasteiger partial charge in [-0.3, -0.25) is 14.3 Å². The quantitative estimate of drug-likeness (QED) is 0.640. The summed E-state index contributed by atoms with van der Waals surface area (Å²) in [6.07, 6.45) is -1.77. The molecule has 170 valence electrons. The number of aromatic nitrogens is 3. The SMILES string of the molecule is Cc1cccc(-n2c(C)c(C)c3c(NC(=O)C4CCCN(CC(F)(F)F)C4)ncnc32)c1. The normalized spacial score (nSPS) is 17.6. The average molecular weight is 445 g/mol. The molecule has 2 aromatic heterocycles. The third kappa shape index (κ3) is 4.48. The maximum absolute atomic E-state index is 13.0. The topological polar surface area (TPSA) is 63.1 Å². The van der Waals surface area contributed by atoms with Gasteiger partial charge in [-0.1, -0.05) is 12.1 Å². The second kappa shape index (κ2) is 8.54. The van der Waals surface area contributed by atoms with Crippen LogP contribution in [0.25, 0.3) is 16.7 Å². The highest BCUT2D eigenvalue weighted by Crippen LogP contribution is 2.32. The van der Waals surface area contributed by atoms with Crippen molar-refractivity contribution in [1.29, 1.82) is 0 Å². The van der Waals surface area contributed by atoms with Crippen LogP contribution in [0.4, 0.5) is 19.0 Å². The van der Waals surface area contributed by atoms with Gasteiger partial charge in [0.2, 0.25) is 5.91 Å². The van der Waals surface area contributed by atoms with Crippen LogP contribution < -0.4 is 5.32 Å². The van der Waals surface area contributed by atoms with E-state index in [0.29, 0.717) is 30.9 Å². The zero-order valence-electron chi connectivity index (χ0n) is 18.3. The second-order valence-corrected chi connectivity index (χ2v) is 8.48. The lowest BCUT2D eigenvalue weighted by Crippen LogP contribution is -2.44. The maximum Gasteiger partial charge on any atom is 0.401 e. The summed E-state index contributed by atoms with van der Waals surface area (Å²) in [6.45, 7) is 5.40. The standard InChI is InChI=1S/C23H26F3N5O/c1-14-6-4-8-18(10-14)31-16(3)15(2)19-20(27-13-28-21(19)31)29-22(32)17-7-5-9-30(11-17)12-23(24,25)26/h4,6,8,10,13,17H,5,7,9,11-12H2,1-3H3,(H,27,28,29,32). The molecular formula is C23H26F3N5O. The second-order valence-electron chi connectivity index (χ2n) is 8.48. The summed E-state index contributed by atoms with van der Waals surface area (Å²) in [4.78, 5) is 23.0. The Labute approximate surface area is 184 Å². The van der Waals surface area contributed by atoms with Crippen molar-refractivity contribution in [3.05, 3.63) is 47.4 Å². The zero-order chi connectivity index (χ0) is 23.0. The molecule has 32 heavy (non-hydrogen) atoms. The molecule has 0 spiro atoms. The summed E-state index contributed by atoms with van der Waals surface area (Å²) >= 11 is 0. The summed E-state index contributed by atoms with van der Waals surface area (Å²) in [7, 11) is 0. The van der Waals surface area contributed by atoms with Crippen LogP contribution in [0.15, 0.2) is 30.6 Å². The molecule has 1 atom stereocenters. The minimum Gasteiger partial charge on any atom is -0.310 e. The molecule has 0 radical (unpaired) electrons. The Hall–Kier alpha value is -2.94. The average Bonchev–Trinajstić information content (AvgIpc) is 2.98. The highest BCUT2D eigenvalue weighted by Gasteiger charge is 2.35. The number of hydrogen-bond acceptors (Lipinski definition) is 4. The first kappa shape index (κ1) is 22.3. The van der Waals surface area contributed by atoms with Gasteiger partial charge in [0.15, 0.2) is 5.65 Å². The number of nitrogens with one attached hydrogen (secondary N) is 1. The van der Waals surface area contributed by atoms with E-state index in [1.165, 1.54) is 11.2 Å². The number of nitrogens with zero attached hydrogens (tertiary/aromatic N) is 4. The molecule has 0 saturated carbocycles. The summed E-state index contributed by atoms with van der Waals surface area (Å²) in [5.41, 5.74) is 4.69.